The molecule has 1 aliphatic heterocycles. The highest BCUT2D eigenvalue weighted by molar-refractivity contribution is 5.78. The van der Waals surface area contributed by atoms with Gasteiger partial charge >= 0.3 is 0 Å². The van der Waals surface area contributed by atoms with E-state index in [1.54, 1.807) is 15.9 Å². The Balaban J connectivity index is 1.80. The van der Waals surface area contributed by atoms with E-state index in [2.05, 4.69) is 0 Å². The van der Waals surface area contributed by atoms with Crippen molar-refractivity contribution in [2.24, 2.45) is 11.5 Å². The van der Waals surface area contributed by atoms with E-state index < -0.39 is 5.56 Å². The average Bonchev–Trinajstić information content (AvgIpc) is 2.62. The average molecular weight is 351 g/mol. The van der Waals surface area contributed by atoms with Gasteiger partial charge in [0.2, 0.25) is 11.8 Å². The monoisotopic (exact) mass is 351 g/mol. The van der Waals surface area contributed by atoms with Crippen LogP contribution in [0, 0.1) is 0 Å². The fourth-order valence-electron chi connectivity index (χ4n) is 2.72. The van der Waals surface area contributed by atoms with Crippen molar-refractivity contribution >= 4 is 11.8 Å². The molecule has 5 N–H and O–H groups in total. The molecule has 0 spiro atoms. The summed E-state index contributed by atoms with van der Waals surface area (Å²) in [5.41, 5.74) is 10.6. The first-order valence-electron chi connectivity index (χ1n) is 8.32. The Morgan fingerprint density at radius 1 is 1.16 bits per heavy atom. The van der Waals surface area contributed by atoms with E-state index >= 15 is 0 Å². The van der Waals surface area contributed by atoms with E-state index in [4.69, 9.17) is 11.5 Å². The molecule has 0 bridgehead atoms. The van der Waals surface area contributed by atoms with Crippen LogP contribution in [0.15, 0.2) is 23.1 Å². The third-order valence-electron chi connectivity index (χ3n) is 4.29. The molecule has 9 nitrogen and oxygen atoms in total. The predicted molar refractivity (Wildman–Crippen MR) is 91.8 cm³/mol. The summed E-state index contributed by atoms with van der Waals surface area (Å²) in [5, 5.41) is 9.39. The Kier molecular flexibility index (Phi) is 6.54. The maximum absolute atomic E-state index is 12.3. The maximum Gasteiger partial charge on any atom is 0.292 e. The molecule has 1 unspecified atom stereocenters. The van der Waals surface area contributed by atoms with Crippen LogP contribution in [0.5, 0.6) is 5.75 Å². The summed E-state index contributed by atoms with van der Waals surface area (Å²) in [6.45, 7) is 2.31. The van der Waals surface area contributed by atoms with Crippen molar-refractivity contribution < 1.29 is 14.7 Å². The number of piperazine rings is 1. The maximum atomic E-state index is 12.3. The van der Waals surface area contributed by atoms with E-state index in [0.29, 0.717) is 26.2 Å². The summed E-state index contributed by atoms with van der Waals surface area (Å²) in [5.74, 6) is -0.463. The molecule has 2 rings (SSSR count). The molecule has 1 fully saturated rings. The quantitative estimate of drug-likeness (QED) is 0.559. The topological polar surface area (TPSA) is 135 Å². The molecule has 0 aliphatic carbocycles. The number of pyridine rings is 1. The number of hydrogen-bond donors (Lipinski definition) is 3. The van der Waals surface area contributed by atoms with Crippen molar-refractivity contribution in [3.63, 3.8) is 0 Å². The molecule has 0 saturated carbocycles. The fourth-order valence-corrected chi connectivity index (χ4v) is 2.72. The zero-order valence-electron chi connectivity index (χ0n) is 14.1. The second-order valence-corrected chi connectivity index (χ2v) is 6.10. The molecular weight excluding hydrogens is 326 g/mol. The van der Waals surface area contributed by atoms with E-state index in [1.807, 2.05) is 0 Å². The van der Waals surface area contributed by atoms with Crippen LogP contribution in [-0.2, 0) is 16.1 Å². The number of aromatic nitrogens is 1. The highest BCUT2D eigenvalue weighted by Gasteiger charge is 2.24. The number of aryl methyl sites for hydroxylation is 1. The van der Waals surface area contributed by atoms with Gasteiger partial charge in [0.25, 0.3) is 5.56 Å². The third kappa shape index (κ3) is 5.04. The van der Waals surface area contributed by atoms with E-state index in [0.717, 1.165) is 0 Å². The lowest BCUT2D eigenvalue weighted by Crippen LogP contribution is -2.51. The molecule has 1 aromatic heterocycles. The van der Waals surface area contributed by atoms with Gasteiger partial charge in [-0.15, -0.1) is 0 Å². The van der Waals surface area contributed by atoms with E-state index in [1.165, 1.54) is 16.8 Å². The van der Waals surface area contributed by atoms with Crippen molar-refractivity contribution in [3.8, 4) is 5.75 Å². The standard InChI is InChI=1S/C16H25N5O4/c17-11-12(18)10-15(24)20-8-6-19(7-9-20)14(23)3-5-21-4-1-2-13(22)16(21)25/h1-2,4,12,22H,3,5-11,17-18H2. The van der Waals surface area contributed by atoms with Crippen molar-refractivity contribution in [3.05, 3.63) is 28.7 Å². The Bertz CT molecular complexity index is 667. The number of aromatic hydroxyl groups is 1. The lowest BCUT2D eigenvalue weighted by atomic mass is 10.2. The Morgan fingerprint density at radius 2 is 1.76 bits per heavy atom. The minimum absolute atomic E-state index is 0.0450. The first-order chi connectivity index (χ1) is 11.9. The minimum Gasteiger partial charge on any atom is -0.503 e. The SMILES string of the molecule is NCC(N)CC(=O)N1CCN(C(=O)CCn2cccc(O)c2=O)CC1. The normalized spacial score (nSPS) is 15.9. The van der Waals surface area contributed by atoms with Gasteiger partial charge in [-0.3, -0.25) is 14.4 Å². The van der Waals surface area contributed by atoms with Gasteiger partial charge < -0.3 is 30.9 Å². The van der Waals surface area contributed by atoms with Gasteiger partial charge in [0, 0.05) is 64.3 Å². The van der Waals surface area contributed by atoms with Gasteiger partial charge in [0.05, 0.1) is 0 Å². The molecule has 2 amide bonds. The fraction of sp³-hybridized carbons (Fsp3) is 0.562. The summed E-state index contributed by atoms with van der Waals surface area (Å²) >= 11 is 0. The Labute approximate surface area is 145 Å². The number of amides is 2. The molecule has 1 aliphatic rings. The van der Waals surface area contributed by atoms with Gasteiger partial charge in [-0.2, -0.15) is 0 Å². The van der Waals surface area contributed by atoms with Crippen LogP contribution < -0.4 is 17.0 Å². The number of carbonyl (C=O) groups is 2. The lowest BCUT2D eigenvalue weighted by molar-refractivity contribution is -0.139. The van der Waals surface area contributed by atoms with Crippen LogP contribution in [-0.4, -0.2) is 70.1 Å². The number of nitrogens with zero attached hydrogens (tertiary/aromatic N) is 3. The molecule has 0 aromatic carbocycles. The zero-order chi connectivity index (χ0) is 18.4. The molecule has 25 heavy (non-hydrogen) atoms. The minimum atomic E-state index is -0.512. The molecule has 1 atom stereocenters. The summed E-state index contributed by atoms with van der Waals surface area (Å²) < 4.78 is 1.31. The second-order valence-electron chi connectivity index (χ2n) is 6.10. The van der Waals surface area contributed by atoms with Gasteiger partial charge in [0.15, 0.2) is 5.75 Å². The summed E-state index contributed by atoms with van der Waals surface area (Å²) in [4.78, 5) is 39.4. The number of hydrogen-bond acceptors (Lipinski definition) is 6. The zero-order valence-corrected chi connectivity index (χ0v) is 14.1. The van der Waals surface area contributed by atoms with Crippen molar-refractivity contribution in [2.45, 2.75) is 25.4 Å². The van der Waals surface area contributed by atoms with Crippen LogP contribution in [0.3, 0.4) is 0 Å². The molecule has 1 saturated heterocycles. The molecular formula is C16H25N5O4. The summed E-state index contributed by atoms with van der Waals surface area (Å²) in [6.07, 6.45) is 1.91. The van der Waals surface area contributed by atoms with E-state index in [9.17, 15) is 19.5 Å². The first kappa shape index (κ1) is 18.9. The van der Waals surface area contributed by atoms with Crippen LogP contribution in [0.1, 0.15) is 12.8 Å². The Morgan fingerprint density at radius 3 is 2.36 bits per heavy atom. The molecule has 1 aromatic rings. The molecule has 0 radical (unpaired) electrons. The summed E-state index contributed by atoms with van der Waals surface area (Å²) in [7, 11) is 0. The third-order valence-corrected chi connectivity index (χ3v) is 4.29. The Hall–Kier alpha value is -2.39. The van der Waals surface area contributed by atoms with Crippen LogP contribution >= 0.6 is 0 Å². The first-order valence-corrected chi connectivity index (χ1v) is 8.32. The van der Waals surface area contributed by atoms with Gasteiger partial charge in [-0.05, 0) is 12.1 Å². The number of carbonyl (C=O) groups excluding carboxylic acids is 2. The summed E-state index contributed by atoms with van der Waals surface area (Å²) in [6, 6.07) is 2.53. The highest BCUT2D eigenvalue weighted by atomic mass is 16.3. The molecule has 9 heteroatoms. The molecule has 138 valence electrons. The lowest BCUT2D eigenvalue weighted by Gasteiger charge is -2.35. The van der Waals surface area contributed by atoms with Gasteiger partial charge in [-0.1, -0.05) is 0 Å². The van der Waals surface area contributed by atoms with Crippen LogP contribution in [0.25, 0.3) is 0 Å². The number of rotatable bonds is 6. The number of nitrogens with two attached hydrogens (primary N) is 2. The van der Waals surface area contributed by atoms with Crippen LogP contribution in [0.2, 0.25) is 0 Å². The van der Waals surface area contributed by atoms with Crippen molar-refractivity contribution in [1.29, 1.82) is 0 Å². The van der Waals surface area contributed by atoms with Gasteiger partial charge in [-0.25, -0.2) is 0 Å². The largest absolute Gasteiger partial charge is 0.503 e. The van der Waals surface area contributed by atoms with Crippen LogP contribution in [0.4, 0.5) is 0 Å². The van der Waals surface area contributed by atoms with Crippen molar-refractivity contribution in [1.82, 2.24) is 14.4 Å². The second kappa shape index (κ2) is 8.63. The smallest absolute Gasteiger partial charge is 0.292 e. The predicted octanol–water partition coefficient (Wildman–Crippen LogP) is -1.71. The van der Waals surface area contributed by atoms with Crippen molar-refractivity contribution in [2.75, 3.05) is 32.7 Å². The van der Waals surface area contributed by atoms with E-state index in [-0.39, 0.29) is 49.5 Å². The highest BCUT2D eigenvalue weighted by Crippen LogP contribution is 2.07. The molecule has 2 heterocycles. The van der Waals surface area contributed by atoms with Gasteiger partial charge in [0.1, 0.15) is 0 Å².